The van der Waals surface area contributed by atoms with Crippen LogP contribution in [0, 0.1) is 0 Å². The second-order valence-electron chi connectivity index (χ2n) is 20.9. The maximum atomic E-state index is 6.93. The molecule has 0 aliphatic carbocycles. The fraction of sp³-hybridized carbons (Fsp3) is 0.741. The summed E-state index contributed by atoms with van der Waals surface area (Å²) in [4.78, 5) is 0. The molecule has 0 N–H and O–H groups in total. The fourth-order valence-corrected chi connectivity index (χ4v) is 8.98. The van der Waals surface area contributed by atoms with Crippen LogP contribution in [0.1, 0.15) is 223 Å². The zero-order chi connectivity index (χ0) is 44.6. The van der Waals surface area contributed by atoms with Crippen LogP contribution >= 0.6 is 0 Å². The first-order chi connectivity index (χ1) is 29.7. The van der Waals surface area contributed by atoms with Gasteiger partial charge < -0.3 is 28.1 Å². The molecule has 2 heterocycles. The summed E-state index contributed by atoms with van der Waals surface area (Å²) in [5.41, 5.74) is 0.248. The van der Waals surface area contributed by atoms with Gasteiger partial charge in [0.15, 0.2) is 0 Å². The van der Waals surface area contributed by atoms with Crippen molar-refractivity contribution >= 4 is 46.7 Å². The molecule has 0 aromatic heterocycles. The van der Waals surface area contributed by atoms with Gasteiger partial charge in [0, 0.05) is 21.5 Å². The molecule has 346 valence electrons. The molecule has 6 nitrogen and oxygen atoms in total. The summed E-state index contributed by atoms with van der Waals surface area (Å²) < 4.78 is 40.2. The fourth-order valence-electron chi connectivity index (χ4n) is 8.98. The van der Waals surface area contributed by atoms with Crippen molar-refractivity contribution in [2.24, 2.45) is 0 Å². The number of hydrogen-bond acceptors (Lipinski definition) is 6. The van der Waals surface area contributed by atoms with Crippen LogP contribution in [0.15, 0.2) is 36.4 Å². The Kier molecular flexibility index (Phi) is 19.9. The van der Waals surface area contributed by atoms with Crippen LogP contribution in [0.3, 0.4) is 0 Å². The standard InChI is InChI=1S/C54H88B2O6/c1-11-13-15-17-19-21-23-25-27-29-31-33-39-57-49-45-37-35-44(56-61-53(7,8)54(9,10)62-56)42-48(45)50(58-40-34-32-30-28-26-24-22-20-18-16-14-12-2)46-38-36-43(41-47(46)49)55-59-51(3,4)52(5,6)60-55/h35-38,41-42H,11-34,39-40H2,1-10H3. The molecule has 0 bridgehead atoms. The lowest BCUT2D eigenvalue weighted by molar-refractivity contribution is 0.00578. The van der Waals surface area contributed by atoms with Gasteiger partial charge in [-0.15, -0.1) is 0 Å². The van der Waals surface area contributed by atoms with Gasteiger partial charge in [-0.25, -0.2) is 0 Å². The third-order valence-corrected chi connectivity index (χ3v) is 14.6. The minimum absolute atomic E-state index is 0.434. The second kappa shape index (κ2) is 24.3. The Balaban J connectivity index is 1.35. The molecular formula is C54H88B2O6. The van der Waals surface area contributed by atoms with E-state index in [9.17, 15) is 0 Å². The van der Waals surface area contributed by atoms with Crippen molar-refractivity contribution < 1.29 is 28.1 Å². The normalized spacial score (nSPS) is 17.8. The highest BCUT2D eigenvalue weighted by Crippen LogP contribution is 2.44. The van der Waals surface area contributed by atoms with Gasteiger partial charge in [-0.3, -0.25) is 0 Å². The molecule has 2 saturated heterocycles. The van der Waals surface area contributed by atoms with E-state index in [2.05, 4.69) is 106 Å². The maximum absolute atomic E-state index is 6.93. The molecule has 2 fully saturated rings. The molecule has 3 aromatic carbocycles. The molecule has 0 radical (unpaired) electrons. The molecule has 8 heteroatoms. The van der Waals surface area contributed by atoms with Crippen molar-refractivity contribution in [3.63, 3.8) is 0 Å². The molecule has 0 spiro atoms. The smallest absolute Gasteiger partial charge is 0.492 e. The third-order valence-electron chi connectivity index (χ3n) is 14.6. The molecule has 3 aromatic rings. The SMILES string of the molecule is CCCCCCCCCCCCCCOc1c2ccc(B3OC(C)(C)C(C)(C)O3)cc2c(OCCCCCCCCCCCCCC)c2ccc(B3OC(C)(C)C(C)(C)O3)cc12. The average Bonchev–Trinajstić information content (AvgIpc) is 3.60. The average molecular weight is 855 g/mol. The van der Waals surface area contributed by atoms with Gasteiger partial charge in [0.2, 0.25) is 0 Å². The molecule has 62 heavy (non-hydrogen) atoms. The molecule has 0 amide bonds. The van der Waals surface area contributed by atoms with Gasteiger partial charge in [0.25, 0.3) is 0 Å². The number of fused-ring (bicyclic) bond motifs is 2. The number of hydrogen-bond donors (Lipinski definition) is 0. The Labute approximate surface area is 380 Å². The predicted molar refractivity (Wildman–Crippen MR) is 266 cm³/mol. The van der Waals surface area contributed by atoms with Crippen LogP contribution in [0.4, 0.5) is 0 Å². The first-order valence-electron chi connectivity index (χ1n) is 25.7. The van der Waals surface area contributed by atoms with E-state index in [1.165, 1.54) is 141 Å². The van der Waals surface area contributed by atoms with Crippen LogP contribution in [-0.4, -0.2) is 49.9 Å². The van der Waals surface area contributed by atoms with E-state index in [1.54, 1.807) is 0 Å². The van der Waals surface area contributed by atoms with E-state index in [0.717, 1.165) is 56.8 Å². The summed E-state index contributed by atoms with van der Waals surface area (Å²) in [7, 11) is -0.944. The minimum Gasteiger partial charge on any atom is -0.492 e. The van der Waals surface area contributed by atoms with Crippen molar-refractivity contribution in [1.29, 1.82) is 0 Å². The van der Waals surface area contributed by atoms with Gasteiger partial charge in [-0.1, -0.05) is 192 Å². The van der Waals surface area contributed by atoms with Gasteiger partial charge >= 0.3 is 14.2 Å². The van der Waals surface area contributed by atoms with Crippen LogP contribution < -0.4 is 20.4 Å². The monoisotopic (exact) mass is 855 g/mol. The lowest BCUT2D eigenvalue weighted by atomic mass is 9.76. The Morgan fingerprint density at radius 2 is 0.613 bits per heavy atom. The first-order valence-corrected chi connectivity index (χ1v) is 25.7. The van der Waals surface area contributed by atoms with Gasteiger partial charge in [-0.05, 0) is 79.2 Å². The van der Waals surface area contributed by atoms with Gasteiger partial charge in [0.05, 0.1) is 35.6 Å². The molecule has 2 aliphatic heterocycles. The molecule has 2 aliphatic rings. The largest absolute Gasteiger partial charge is 0.494 e. The quantitative estimate of drug-likeness (QED) is 0.0378. The van der Waals surface area contributed by atoms with E-state index in [-0.39, 0.29) is 0 Å². The highest BCUT2D eigenvalue weighted by Gasteiger charge is 2.53. The van der Waals surface area contributed by atoms with Crippen molar-refractivity contribution in [3.05, 3.63) is 36.4 Å². The summed E-state index contributed by atoms with van der Waals surface area (Å²) in [5.74, 6) is 1.80. The highest BCUT2D eigenvalue weighted by atomic mass is 16.7. The van der Waals surface area contributed by atoms with Crippen molar-refractivity contribution in [3.8, 4) is 11.5 Å². The number of rotatable bonds is 30. The first kappa shape index (κ1) is 50.7. The van der Waals surface area contributed by atoms with E-state index in [0.29, 0.717) is 13.2 Å². The zero-order valence-electron chi connectivity index (χ0n) is 41.5. The van der Waals surface area contributed by atoms with Gasteiger partial charge in [0.1, 0.15) is 11.5 Å². The summed E-state index contributed by atoms with van der Waals surface area (Å²) in [6.45, 7) is 22.8. The molecule has 0 unspecified atom stereocenters. The van der Waals surface area contributed by atoms with Crippen molar-refractivity contribution in [2.75, 3.05) is 13.2 Å². The predicted octanol–water partition coefficient (Wildman–Crippen LogP) is 14.8. The summed E-state index contributed by atoms with van der Waals surface area (Å²) >= 11 is 0. The Bertz CT molecular complexity index is 1620. The van der Waals surface area contributed by atoms with Gasteiger partial charge in [-0.2, -0.15) is 0 Å². The third kappa shape index (κ3) is 13.9. The molecule has 0 saturated carbocycles. The van der Waals surface area contributed by atoms with Crippen molar-refractivity contribution in [2.45, 2.75) is 246 Å². The Morgan fingerprint density at radius 3 is 0.887 bits per heavy atom. The number of benzene rings is 3. The summed E-state index contributed by atoms with van der Waals surface area (Å²) in [6.07, 6.45) is 31.6. The zero-order valence-corrected chi connectivity index (χ0v) is 41.5. The number of unbranched alkanes of at least 4 members (excludes halogenated alkanes) is 22. The summed E-state index contributed by atoms with van der Waals surface area (Å²) in [5, 5.41) is 4.17. The minimum atomic E-state index is -0.472. The molecule has 5 rings (SSSR count). The lowest BCUT2D eigenvalue weighted by Crippen LogP contribution is -2.41. The van der Waals surface area contributed by atoms with E-state index in [4.69, 9.17) is 28.1 Å². The van der Waals surface area contributed by atoms with E-state index in [1.807, 2.05) is 0 Å². The Hall–Kier alpha value is -2.25. The molecule has 0 atom stereocenters. The lowest BCUT2D eigenvalue weighted by Gasteiger charge is -2.32. The van der Waals surface area contributed by atoms with Crippen molar-refractivity contribution in [1.82, 2.24) is 0 Å². The van der Waals surface area contributed by atoms with Crippen LogP contribution in [0.25, 0.3) is 21.5 Å². The topological polar surface area (TPSA) is 55.4 Å². The maximum Gasteiger partial charge on any atom is 0.494 e. The van der Waals surface area contributed by atoms with Crippen LogP contribution in [0.5, 0.6) is 11.5 Å². The molecular weight excluding hydrogens is 766 g/mol. The second-order valence-corrected chi connectivity index (χ2v) is 20.9. The van der Waals surface area contributed by atoms with Crippen LogP contribution in [0.2, 0.25) is 0 Å². The Morgan fingerprint density at radius 1 is 0.355 bits per heavy atom. The number of ether oxygens (including phenoxy) is 2. The van der Waals surface area contributed by atoms with Crippen LogP contribution in [-0.2, 0) is 18.6 Å². The van der Waals surface area contributed by atoms with E-state index < -0.39 is 36.6 Å². The highest BCUT2D eigenvalue weighted by molar-refractivity contribution is 6.63. The summed E-state index contributed by atoms with van der Waals surface area (Å²) in [6, 6.07) is 13.2. The van der Waals surface area contributed by atoms with E-state index >= 15 is 0 Å².